The van der Waals surface area contributed by atoms with Crippen molar-refractivity contribution in [1.29, 1.82) is 0 Å². The molecule has 0 heterocycles. The highest BCUT2D eigenvalue weighted by Gasteiger charge is 2.14. The lowest BCUT2D eigenvalue weighted by molar-refractivity contribution is 0.0320. The van der Waals surface area contributed by atoms with Crippen molar-refractivity contribution < 1.29 is 14.3 Å². The Bertz CT molecular complexity index is 362. The minimum Gasteiger partial charge on any atom is -0.460 e. The van der Waals surface area contributed by atoms with Crippen molar-refractivity contribution in [2.45, 2.75) is 13.3 Å². The molecule has 0 aliphatic heterocycles. The summed E-state index contributed by atoms with van der Waals surface area (Å²) in [6.07, 6.45) is 0.936. The second-order valence-corrected chi connectivity index (χ2v) is 3.86. The summed E-state index contributed by atoms with van der Waals surface area (Å²) in [7, 11) is 0. The summed E-state index contributed by atoms with van der Waals surface area (Å²) < 4.78 is 10.2. The summed E-state index contributed by atoms with van der Waals surface area (Å²) in [5.41, 5.74) is 6.19. The Labute approximate surface area is 106 Å². The molecule has 0 atom stereocenters. The number of esters is 1. The number of carbonyl (C=O) groups is 1. The van der Waals surface area contributed by atoms with Crippen LogP contribution in [0, 0.1) is 0 Å². The first-order valence-corrected chi connectivity index (χ1v) is 5.83. The van der Waals surface area contributed by atoms with Crippen LogP contribution in [0.5, 0.6) is 0 Å². The molecule has 94 valence electrons. The van der Waals surface area contributed by atoms with Gasteiger partial charge >= 0.3 is 5.97 Å². The molecule has 0 saturated carbocycles. The van der Waals surface area contributed by atoms with E-state index in [9.17, 15) is 4.79 Å². The fourth-order valence-corrected chi connectivity index (χ4v) is 1.53. The second kappa shape index (κ2) is 7.14. The van der Waals surface area contributed by atoms with E-state index in [1.807, 2.05) is 6.92 Å². The number of benzene rings is 1. The Morgan fingerprint density at radius 3 is 2.76 bits per heavy atom. The molecular weight excluding hydrogens is 242 g/mol. The molecule has 2 N–H and O–H groups in total. The number of anilines is 1. The van der Waals surface area contributed by atoms with Crippen molar-refractivity contribution >= 4 is 23.3 Å². The van der Waals surface area contributed by atoms with Crippen LogP contribution in [-0.4, -0.2) is 25.8 Å². The van der Waals surface area contributed by atoms with Crippen LogP contribution in [0.4, 0.5) is 5.69 Å². The number of carbonyl (C=O) groups excluding carboxylic acids is 1. The zero-order chi connectivity index (χ0) is 12.7. The first-order chi connectivity index (χ1) is 8.16. The molecule has 0 fully saturated rings. The molecule has 0 saturated heterocycles. The molecule has 0 radical (unpaired) electrons. The van der Waals surface area contributed by atoms with Crippen molar-refractivity contribution in [1.82, 2.24) is 0 Å². The number of halogens is 1. The van der Waals surface area contributed by atoms with E-state index in [0.717, 1.165) is 6.42 Å². The van der Waals surface area contributed by atoms with Crippen molar-refractivity contribution in [3.63, 3.8) is 0 Å². The monoisotopic (exact) mass is 257 g/mol. The molecule has 0 amide bonds. The van der Waals surface area contributed by atoms with Crippen molar-refractivity contribution in [2.24, 2.45) is 0 Å². The molecule has 0 aliphatic carbocycles. The predicted molar refractivity (Wildman–Crippen MR) is 67.3 cm³/mol. The molecule has 1 aromatic rings. The highest BCUT2D eigenvalue weighted by molar-refractivity contribution is 6.34. The van der Waals surface area contributed by atoms with Gasteiger partial charge in [0.05, 0.1) is 11.6 Å². The molecule has 0 aromatic heterocycles. The van der Waals surface area contributed by atoms with E-state index in [1.54, 1.807) is 18.2 Å². The normalized spacial score (nSPS) is 10.2. The third kappa shape index (κ3) is 4.24. The highest BCUT2D eigenvalue weighted by atomic mass is 35.5. The van der Waals surface area contributed by atoms with Crippen LogP contribution >= 0.6 is 11.6 Å². The van der Waals surface area contributed by atoms with Crippen LogP contribution in [0.2, 0.25) is 5.02 Å². The fourth-order valence-electron chi connectivity index (χ4n) is 1.27. The smallest absolute Gasteiger partial charge is 0.341 e. The lowest BCUT2D eigenvalue weighted by Crippen LogP contribution is -2.13. The highest BCUT2D eigenvalue weighted by Crippen LogP contribution is 2.22. The molecular formula is C12H16ClNO3. The van der Waals surface area contributed by atoms with Gasteiger partial charge in [-0.15, -0.1) is 0 Å². The summed E-state index contributed by atoms with van der Waals surface area (Å²) in [4.78, 5) is 11.7. The lowest BCUT2D eigenvalue weighted by Gasteiger charge is -2.08. The maximum atomic E-state index is 11.7. The van der Waals surface area contributed by atoms with E-state index in [2.05, 4.69) is 0 Å². The summed E-state index contributed by atoms with van der Waals surface area (Å²) in [6, 6.07) is 4.89. The Morgan fingerprint density at radius 2 is 2.12 bits per heavy atom. The van der Waals surface area contributed by atoms with Gasteiger partial charge in [-0.3, -0.25) is 0 Å². The van der Waals surface area contributed by atoms with Gasteiger partial charge in [0.2, 0.25) is 0 Å². The molecule has 0 unspecified atom stereocenters. The van der Waals surface area contributed by atoms with Crippen LogP contribution in [0.3, 0.4) is 0 Å². The predicted octanol–water partition coefficient (Wildman–Crippen LogP) is 2.51. The molecule has 4 nitrogen and oxygen atoms in total. The van der Waals surface area contributed by atoms with E-state index in [0.29, 0.717) is 23.9 Å². The largest absolute Gasteiger partial charge is 0.460 e. The van der Waals surface area contributed by atoms with Gasteiger partial charge in [-0.25, -0.2) is 4.79 Å². The van der Waals surface area contributed by atoms with E-state index in [-0.39, 0.29) is 12.2 Å². The summed E-state index contributed by atoms with van der Waals surface area (Å²) in [5, 5.41) is 0.296. The van der Waals surface area contributed by atoms with Crippen molar-refractivity contribution in [2.75, 3.05) is 25.6 Å². The van der Waals surface area contributed by atoms with Gasteiger partial charge in [0.15, 0.2) is 0 Å². The average molecular weight is 258 g/mol. The van der Waals surface area contributed by atoms with Gasteiger partial charge in [0.25, 0.3) is 0 Å². The standard InChI is InChI=1S/C12H16ClNO3/c1-2-6-16-7-8-17-12(15)11-9(13)4-3-5-10(11)14/h3-5H,2,6-8,14H2,1H3. The molecule has 0 aliphatic rings. The lowest BCUT2D eigenvalue weighted by atomic mass is 10.2. The van der Waals surface area contributed by atoms with E-state index < -0.39 is 5.97 Å². The topological polar surface area (TPSA) is 61.5 Å². The molecule has 5 heteroatoms. The van der Waals surface area contributed by atoms with Crippen molar-refractivity contribution in [3.8, 4) is 0 Å². The van der Waals surface area contributed by atoms with Gasteiger partial charge in [0, 0.05) is 12.3 Å². The van der Waals surface area contributed by atoms with E-state index in [1.165, 1.54) is 0 Å². The Morgan fingerprint density at radius 1 is 1.35 bits per heavy atom. The zero-order valence-corrected chi connectivity index (χ0v) is 10.5. The number of ether oxygens (including phenoxy) is 2. The quantitative estimate of drug-likeness (QED) is 0.483. The van der Waals surface area contributed by atoms with Gasteiger partial charge in [-0.05, 0) is 18.6 Å². The number of rotatable bonds is 6. The zero-order valence-electron chi connectivity index (χ0n) is 9.74. The minimum atomic E-state index is -0.520. The van der Waals surface area contributed by atoms with Crippen LogP contribution in [0.25, 0.3) is 0 Å². The van der Waals surface area contributed by atoms with Crippen molar-refractivity contribution in [3.05, 3.63) is 28.8 Å². The number of hydrogen-bond donors (Lipinski definition) is 1. The van der Waals surface area contributed by atoms with Crippen LogP contribution < -0.4 is 5.73 Å². The fraction of sp³-hybridized carbons (Fsp3) is 0.417. The maximum absolute atomic E-state index is 11.7. The first kappa shape index (κ1) is 13.8. The Kier molecular flexibility index (Phi) is 5.80. The Hall–Kier alpha value is -1.26. The molecule has 0 spiro atoms. The maximum Gasteiger partial charge on any atom is 0.341 e. The third-order valence-electron chi connectivity index (χ3n) is 2.06. The molecule has 1 aromatic carbocycles. The van der Waals surface area contributed by atoms with Crippen LogP contribution in [0.1, 0.15) is 23.7 Å². The van der Waals surface area contributed by atoms with E-state index in [4.69, 9.17) is 26.8 Å². The number of hydrogen-bond acceptors (Lipinski definition) is 4. The summed E-state index contributed by atoms with van der Waals surface area (Å²) in [5.74, 6) is -0.520. The van der Waals surface area contributed by atoms with Gasteiger partial charge in [-0.2, -0.15) is 0 Å². The summed E-state index contributed by atoms with van der Waals surface area (Å²) >= 11 is 5.87. The van der Waals surface area contributed by atoms with Gasteiger partial charge in [0.1, 0.15) is 12.2 Å². The number of nitrogen functional groups attached to an aromatic ring is 1. The van der Waals surface area contributed by atoms with Crippen LogP contribution in [-0.2, 0) is 9.47 Å². The van der Waals surface area contributed by atoms with Crippen LogP contribution in [0.15, 0.2) is 18.2 Å². The van der Waals surface area contributed by atoms with E-state index >= 15 is 0 Å². The molecule has 0 bridgehead atoms. The number of nitrogens with two attached hydrogens (primary N) is 1. The Balaban J connectivity index is 2.47. The van der Waals surface area contributed by atoms with Gasteiger partial charge < -0.3 is 15.2 Å². The second-order valence-electron chi connectivity index (χ2n) is 3.45. The molecule has 1 rings (SSSR count). The minimum absolute atomic E-state index is 0.198. The summed E-state index contributed by atoms with van der Waals surface area (Å²) in [6.45, 7) is 3.25. The molecule has 17 heavy (non-hydrogen) atoms. The average Bonchev–Trinajstić information content (AvgIpc) is 2.28. The third-order valence-corrected chi connectivity index (χ3v) is 2.37. The SMILES string of the molecule is CCCOCCOC(=O)c1c(N)cccc1Cl. The first-order valence-electron chi connectivity index (χ1n) is 5.45. The van der Waals surface area contributed by atoms with Gasteiger partial charge in [-0.1, -0.05) is 24.6 Å².